The molecule has 1 atom stereocenters. The molecule has 0 aliphatic rings. The van der Waals surface area contributed by atoms with E-state index in [-0.39, 0.29) is 6.04 Å². The summed E-state index contributed by atoms with van der Waals surface area (Å²) >= 11 is 0. The highest BCUT2D eigenvalue weighted by atomic mass is 14.6. The van der Waals surface area contributed by atoms with Crippen LogP contribution >= 0.6 is 0 Å². The minimum absolute atomic E-state index is 0.0648. The zero-order valence-corrected chi connectivity index (χ0v) is 4.15. The Balaban J connectivity index is 3.26. The molecule has 0 aromatic heterocycles. The van der Waals surface area contributed by atoms with Crippen molar-refractivity contribution in [3.05, 3.63) is 0 Å². The van der Waals surface area contributed by atoms with E-state index < -0.39 is 0 Å². The van der Waals surface area contributed by atoms with Crippen LogP contribution in [0.25, 0.3) is 0 Å². The van der Waals surface area contributed by atoms with Gasteiger partial charge in [-0.3, -0.25) is 0 Å². The van der Waals surface area contributed by atoms with Gasteiger partial charge in [0.15, 0.2) is 0 Å². The quantitative estimate of drug-likeness (QED) is 0.445. The first-order valence-electron chi connectivity index (χ1n) is 1.95. The summed E-state index contributed by atoms with van der Waals surface area (Å²) in [7, 11) is 0. The van der Waals surface area contributed by atoms with Crippen LogP contribution < -0.4 is 5.73 Å². The van der Waals surface area contributed by atoms with E-state index in [0.29, 0.717) is 5.71 Å². The molecule has 3 N–H and O–H groups in total. The molecule has 0 aliphatic carbocycles. The first kappa shape index (κ1) is 5.63. The second-order valence-corrected chi connectivity index (χ2v) is 1.47. The summed E-state index contributed by atoms with van der Waals surface area (Å²) in [5.41, 5.74) is 5.75. The third-order valence-electron chi connectivity index (χ3n) is 0.683. The Morgan fingerprint density at radius 3 is 2.00 bits per heavy atom. The lowest BCUT2D eigenvalue weighted by Crippen LogP contribution is -2.22. The van der Waals surface area contributed by atoms with Crippen molar-refractivity contribution in [3.8, 4) is 0 Å². The molecule has 0 radical (unpaired) electrons. The Morgan fingerprint density at radius 2 is 2.00 bits per heavy atom. The fourth-order valence-corrected chi connectivity index (χ4v) is 0. The third kappa shape index (κ3) is 1.91. The van der Waals surface area contributed by atoms with Crippen molar-refractivity contribution < 1.29 is 0 Å². The SMILES string of the molecule is CC(=N)[C@H](C)N. The van der Waals surface area contributed by atoms with Crippen molar-refractivity contribution in [1.29, 1.82) is 5.41 Å². The Kier molecular flexibility index (Phi) is 1.81. The molecule has 0 fully saturated rings. The predicted molar refractivity (Wildman–Crippen MR) is 27.1 cm³/mol. The van der Waals surface area contributed by atoms with Crippen LogP contribution in [0.4, 0.5) is 0 Å². The number of nitrogens with one attached hydrogen (secondary N) is 1. The van der Waals surface area contributed by atoms with Gasteiger partial charge in [0.2, 0.25) is 0 Å². The van der Waals surface area contributed by atoms with Crippen LogP contribution in [0, 0.1) is 5.41 Å². The maximum atomic E-state index is 6.82. The van der Waals surface area contributed by atoms with E-state index in [9.17, 15) is 0 Å². The molecular weight excluding hydrogens is 76.1 g/mol. The smallest absolute Gasteiger partial charge is 0.0391 e. The van der Waals surface area contributed by atoms with Crippen molar-refractivity contribution in [2.75, 3.05) is 0 Å². The third-order valence-corrected chi connectivity index (χ3v) is 0.683. The van der Waals surface area contributed by atoms with Crippen LogP contribution in [0.1, 0.15) is 13.8 Å². The van der Waals surface area contributed by atoms with Gasteiger partial charge < -0.3 is 11.1 Å². The topological polar surface area (TPSA) is 49.9 Å². The highest BCUT2D eigenvalue weighted by Crippen LogP contribution is 1.73. The van der Waals surface area contributed by atoms with E-state index in [1.54, 1.807) is 13.8 Å². The van der Waals surface area contributed by atoms with Gasteiger partial charge in [-0.15, -0.1) is 0 Å². The van der Waals surface area contributed by atoms with Crippen LogP contribution in [0.2, 0.25) is 0 Å². The van der Waals surface area contributed by atoms with Gasteiger partial charge >= 0.3 is 0 Å². The molecular formula is C4H10N2. The van der Waals surface area contributed by atoms with Gasteiger partial charge in [-0.25, -0.2) is 0 Å². The Hall–Kier alpha value is -0.370. The average Bonchev–Trinajstić information content (AvgIpc) is 1.36. The minimum atomic E-state index is -0.0648. The molecule has 0 aromatic rings. The van der Waals surface area contributed by atoms with Crippen molar-refractivity contribution in [3.63, 3.8) is 0 Å². The van der Waals surface area contributed by atoms with Crippen LogP contribution in [0.3, 0.4) is 0 Å². The molecule has 0 rings (SSSR count). The van der Waals surface area contributed by atoms with E-state index in [1.165, 1.54) is 0 Å². The summed E-state index contributed by atoms with van der Waals surface area (Å²) in [6, 6.07) is -0.0648. The maximum absolute atomic E-state index is 6.82. The number of nitrogens with two attached hydrogens (primary N) is 1. The second kappa shape index (κ2) is 1.92. The van der Waals surface area contributed by atoms with Crippen LogP contribution in [0.15, 0.2) is 0 Å². The van der Waals surface area contributed by atoms with Gasteiger partial charge in [-0.05, 0) is 13.8 Å². The zero-order chi connectivity index (χ0) is 5.15. The van der Waals surface area contributed by atoms with E-state index in [2.05, 4.69) is 0 Å². The normalized spacial score (nSPS) is 13.8. The minimum Gasteiger partial charge on any atom is -0.323 e. The van der Waals surface area contributed by atoms with Crippen molar-refractivity contribution in [2.24, 2.45) is 5.73 Å². The molecule has 0 unspecified atom stereocenters. The van der Waals surface area contributed by atoms with Gasteiger partial charge in [-0.1, -0.05) is 0 Å². The van der Waals surface area contributed by atoms with Crippen LogP contribution in [-0.2, 0) is 0 Å². The summed E-state index contributed by atoms with van der Waals surface area (Å²) in [5, 5.41) is 6.82. The van der Waals surface area contributed by atoms with Crippen LogP contribution in [-0.4, -0.2) is 11.8 Å². The summed E-state index contributed by atoms with van der Waals surface area (Å²) < 4.78 is 0. The van der Waals surface area contributed by atoms with Crippen LogP contribution in [0.5, 0.6) is 0 Å². The van der Waals surface area contributed by atoms with Crippen molar-refractivity contribution in [2.45, 2.75) is 19.9 Å². The van der Waals surface area contributed by atoms with E-state index >= 15 is 0 Å². The van der Waals surface area contributed by atoms with Gasteiger partial charge in [0.05, 0.1) is 0 Å². The zero-order valence-electron chi connectivity index (χ0n) is 4.15. The molecule has 36 valence electrons. The summed E-state index contributed by atoms with van der Waals surface area (Å²) in [5.74, 6) is 0. The van der Waals surface area contributed by atoms with E-state index in [1.807, 2.05) is 0 Å². The maximum Gasteiger partial charge on any atom is 0.0391 e. The number of hydrogen-bond acceptors (Lipinski definition) is 2. The molecule has 2 heteroatoms. The molecule has 0 bridgehead atoms. The van der Waals surface area contributed by atoms with Gasteiger partial charge in [-0.2, -0.15) is 0 Å². The monoisotopic (exact) mass is 86.1 g/mol. The van der Waals surface area contributed by atoms with Gasteiger partial charge in [0, 0.05) is 11.8 Å². The lowest BCUT2D eigenvalue weighted by molar-refractivity contribution is 0.958. The number of hydrogen-bond donors (Lipinski definition) is 2. The summed E-state index contributed by atoms with van der Waals surface area (Å²) in [6.45, 7) is 3.49. The van der Waals surface area contributed by atoms with Crippen molar-refractivity contribution >= 4 is 5.71 Å². The molecule has 6 heavy (non-hydrogen) atoms. The van der Waals surface area contributed by atoms with E-state index in [4.69, 9.17) is 11.1 Å². The summed E-state index contributed by atoms with van der Waals surface area (Å²) in [6.07, 6.45) is 0. The lowest BCUT2D eigenvalue weighted by Gasteiger charge is -1.96. The average molecular weight is 86.1 g/mol. The van der Waals surface area contributed by atoms with Gasteiger partial charge in [0.25, 0.3) is 0 Å². The first-order valence-corrected chi connectivity index (χ1v) is 1.95. The Morgan fingerprint density at radius 1 is 1.83 bits per heavy atom. The fourth-order valence-electron chi connectivity index (χ4n) is 0. The highest BCUT2D eigenvalue weighted by Gasteiger charge is 1.90. The molecule has 0 aliphatic heterocycles. The predicted octanol–water partition coefficient (Wildman–Crippen LogP) is 0.373. The molecule has 0 saturated heterocycles. The standard InChI is InChI=1S/C4H10N2/c1-3(5)4(2)6/h3,6H,5H2,1-2H3/t3-/m0/s1. The first-order chi connectivity index (χ1) is 2.64. The van der Waals surface area contributed by atoms with Gasteiger partial charge in [0.1, 0.15) is 0 Å². The Bertz CT molecular complexity index is 56.6. The molecule has 0 aromatic carbocycles. The lowest BCUT2D eigenvalue weighted by atomic mass is 10.2. The fraction of sp³-hybridized carbons (Fsp3) is 0.750. The summed E-state index contributed by atoms with van der Waals surface area (Å²) in [4.78, 5) is 0. The van der Waals surface area contributed by atoms with Crippen molar-refractivity contribution in [1.82, 2.24) is 0 Å². The Labute approximate surface area is 37.9 Å². The molecule has 2 nitrogen and oxygen atoms in total. The molecule has 0 spiro atoms. The molecule has 0 saturated carbocycles. The van der Waals surface area contributed by atoms with E-state index in [0.717, 1.165) is 0 Å². The highest BCUT2D eigenvalue weighted by molar-refractivity contribution is 5.83. The second-order valence-electron chi connectivity index (χ2n) is 1.47. The molecule has 0 heterocycles. The number of rotatable bonds is 1. The largest absolute Gasteiger partial charge is 0.323 e. The molecule has 0 amide bonds.